The zero-order chi connectivity index (χ0) is 45.6. The smallest absolute Gasteiger partial charge is 0.306 e. The Morgan fingerprint density at radius 3 is 1.26 bits per heavy atom. The van der Waals surface area contributed by atoms with Crippen LogP contribution in [0, 0.1) is 0 Å². The van der Waals surface area contributed by atoms with Gasteiger partial charge in [0.05, 0.1) is 40.3 Å². The average molecular weight is 868 g/mol. The van der Waals surface area contributed by atoms with E-state index < -0.39 is 18.1 Å². The second kappa shape index (κ2) is 44.4. The number of unbranched alkanes of at least 4 members (excludes halogenated alkanes) is 18. The second-order valence-corrected chi connectivity index (χ2v) is 17.7. The monoisotopic (exact) mass is 868 g/mol. The SMILES string of the molecule is CCCCC/C=C/C/C=C/C/C=C/C/C=C/CCCCCCCC(=O)OCC(COCCC(C(=O)[O-])[N+](C)(C)C)OC(=O)CCCCCCCCC/C=C/C/C=C/CCCCC. The molecule has 8 heteroatoms. The third kappa shape index (κ3) is 42.1. The molecule has 2 atom stereocenters. The minimum absolute atomic E-state index is 0.0281. The van der Waals surface area contributed by atoms with E-state index in [9.17, 15) is 19.5 Å². The van der Waals surface area contributed by atoms with Crippen LogP contribution in [0.4, 0.5) is 0 Å². The third-order valence-electron chi connectivity index (χ3n) is 10.8. The first-order valence-electron chi connectivity index (χ1n) is 25.0. The number of carbonyl (C=O) groups is 3. The molecule has 0 aliphatic carbocycles. The number of hydrogen-bond donors (Lipinski definition) is 0. The zero-order valence-corrected chi connectivity index (χ0v) is 40.5. The number of quaternary nitrogens is 1. The van der Waals surface area contributed by atoms with Crippen LogP contribution in [0.2, 0.25) is 0 Å². The highest BCUT2D eigenvalue weighted by atomic mass is 16.6. The number of carboxylic acid groups (broad SMARTS) is 1. The van der Waals surface area contributed by atoms with Crippen LogP contribution >= 0.6 is 0 Å². The molecule has 0 rings (SSSR count). The number of ether oxygens (including phenoxy) is 3. The normalized spacial score (nSPS) is 13.5. The molecule has 8 nitrogen and oxygen atoms in total. The minimum atomic E-state index is -1.13. The first kappa shape index (κ1) is 58.8. The summed E-state index contributed by atoms with van der Waals surface area (Å²) in [6, 6.07) is -0.734. The largest absolute Gasteiger partial charge is 0.544 e. The highest BCUT2D eigenvalue weighted by Crippen LogP contribution is 2.13. The summed E-state index contributed by atoms with van der Waals surface area (Å²) in [5, 5.41) is 11.7. The molecule has 0 N–H and O–H groups in total. The Labute approximate surface area is 381 Å². The van der Waals surface area contributed by atoms with E-state index in [1.807, 2.05) is 0 Å². The molecule has 2 unspecified atom stereocenters. The van der Waals surface area contributed by atoms with Gasteiger partial charge in [0.15, 0.2) is 6.10 Å². The molecule has 0 bridgehead atoms. The summed E-state index contributed by atoms with van der Waals surface area (Å²) < 4.78 is 17.2. The summed E-state index contributed by atoms with van der Waals surface area (Å²) >= 11 is 0. The molecule has 0 heterocycles. The van der Waals surface area contributed by atoms with E-state index in [0.717, 1.165) is 96.3 Å². The first-order valence-corrected chi connectivity index (χ1v) is 25.0. The van der Waals surface area contributed by atoms with Crippen molar-refractivity contribution >= 4 is 17.9 Å². The Hall–Kier alpha value is -3.23. The van der Waals surface area contributed by atoms with Crippen molar-refractivity contribution in [3.05, 3.63) is 72.9 Å². The molecular weight excluding hydrogens is 775 g/mol. The van der Waals surface area contributed by atoms with Gasteiger partial charge in [-0.25, -0.2) is 0 Å². The fourth-order valence-electron chi connectivity index (χ4n) is 6.91. The summed E-state index contributed by atoms with van der Waals surface area (Å²) in [4.78, 5) is 37.0. The van der Waals surface area contributed by atoms with Crippen molar-refractivity contribution in [3.8, 4) is 0 Å². The standard InChI is InChI=1S/C54H93NO7/c1-6-8-10-12-14-16-18-20-22-24-25-26-27-29-30-32-34-36-38-40-42-44-52(56)61-49-50(48-60-47-46-51(54(58)59)55(3,4)5)62-53(57)45-43-41-39-37-35-33-31-28-23-21-19-17-15-13-11-9-7-2/h14-17,20-23,25-26,29-30,50-51H,6-13,18-19,24,27-28,31-49H2,1-5H3/b16-14+,17-15+,22-20+,23-21+,26-25+,30-29+. The fourth-order valence-corrected chi connectivity index (χ4v) is 6.91. The van der Waals surface area contributed by atoms with Gasteiger partial charge in [-0.3, -0.25) is 9.59 Å². The fraction of sp³-hybridized carbons (Fsp3) is 0.722. The van der Waals surface area contributed by atoms with Gasteiger partial charge in [0.2, 0.25) is 0 Å². The van der Waals surface area contributed by atoms with Gasteiger partial charge in [-0.05, 0) is 89.9 Å². The van der Waals surface area contributed by atoms with Crippen molar-refractivity contribution in [2.75, 3.05) is 41.0 Å². The van der Waals surface area contributed by atoms with Crippen molar-refractivity contribution < 1.29 is 38.2 Å². The van der Waals surface area contributed by atoms with E-state index in [4.69, 9.17) is 14.2 Å². The molecule has 0 aromatic heterocycles. The van der Waals surface area contributed by atoms with Gasteiger partial charge >= 0.3 is 11.9 Å². The number of carboxylic acids is 1. The summed E-state index contributed by atoms with van der Waals surface area (Å²) in [6.45, 7) is 4.58. The maximum atomic E-state index is 12.8. The number of aliphatic carboxylic acids is 1. The van der Waals surface area contributed by atoms with Gasteiger partial charge in [0.1, 0.15) is 12.6 Å². The van der Waals surface area contributed by atoms with Crippen LogP contribution in [0.5, 0.6) is 0 Å². The van der Waals surface area contributed by atoms with Crippen LogP contribution in [0.1, 0.15) is 200 Å². The Morgan fingerprint density at radius 1 is 0.484 bits per heavy atom. The first-order chi connectivity index (χ1) is 30.1. The quantitative estimate of drug-likeness (QED) is 0.0260. The van der Waals surface area contributed by atoms with Gasteiger partial charge < -0.3 is 28.6 Å². The zero-order valence-electron chi connectivity index (χ0n) is 40.5. The molecule has 0 aromatic rings. The summed E-state index contributed by atoms with van der Waals surface area (Å²) in [5.74, 6) is -1.77. The van der Waals surface area contributed by atoms with Gasteiger partial charge in [-0.15, -0.1) is 0 Å². The van der Waals surface area contributed by atoms with Crippen LogP contribution in [-0.2, 0) is 28.6 Å². The predicted octanol–water partition coefficient (Wildman–Crippen LogP) is 13.0. The molecule has 0 saturated heterocycles. The van der Waals surface area contributed by atoms with Crippen molar-refractivity contribution in [1.82, 2.24) is 0 Å². The van der Waals surface area contributed by atoms with Crippen molar-refractivity contribution in [3.63, 3.8) is 0 Å². The Morgan fingerprint density at radius 2 is 0.855 bits per heavy atom. The second-order valence-electron chi connectivity index (χ2n) is 17.7. The maximum Gasteiger partial charge on any atom is 0.306 e. The number of rotatable bonds is 44. The van der Waals surface area contributed by atoms with Crippen LogP contribution in [0.25, 0.3) is 0 Å². The van der Waals surface area contributed by atoms with Crippen LogP contribution in [-0.4, -0.2) is 75.5 Å². The van der Waals surface area contributed by atoms with Crippen molar-refractivity contribution in [1.29, 1.82) is 0 Å². The highest BCUT2D eigenvalue weighted by Gasteiger charge is 2.25. The lowest BCUT2D eigenvalue weighted by molar-refractivity contribution is -0.889. The molecule has 0 radical (unpaired) electrons. The summed E-state index contributed by atoms with van der Waals surface area (Å²) in [5.41, 5.74) is 0. The lowest BCUT2D eigenvalue weighted by atomic mass is 10.1. The van der Waals surface area contributed by atoms with Crippen LogP contribution < -0.4 is 5.11 Å². The maximum absolute atomic E-state index is 12.8. The topological polar surface area (TPSA) is 102 Å². The molecule has 0 aromatic carbocycles. The lowest BCUT2D eigenvalue weighted by Gasteiger charge is -2.34. The average Bonchev–Trinajstić information content (AvgIpc) is 3.23. The van der Waals surface area contributed by atoms with E-state index in [-0.39, 0.29) is 42.7 Å². The number of hydrogen-bond acceptors (Lipinski definition) is 7. The highest BCUT2D eigenvalue weighted by molar-refractivity contribution is 5.70. The number of allylic oxidation sites excluding steroid dienone is 12. The van der Waals surface area contributed by atoms with Gasteiger partial charge in [0, 0.05) is 19.3 Å². The Kier molecular flexibility index (Phi) is 42.1. The van der Waals surface area contributed by atoms with Crippen molar-refractivity contribution in [2.24, 2.45) is 0 Å². The molecule has 0 aliphatic heterocycles. The van der Waals surface area contributed by atoms with E-state index in [1.54, 1.807) is 21.1 Å². The summed E-state index contributed by atoms with van der Waals surface area (Å²) in [6.07, 6.45) is 56.3. The molecule has 0 spiro atoms. The van der Waals surface area contributed by atoms with E-state index >= 15 is 0 Å². The molecule has 0 saturated carbocycles. The van der Waals surface area contributed by atoms with Gasteiger partial charge in [-0.1, -0.05) is 164 Å². The Bertz CT molecular complexity index is 1240. The molecule has 62 heavy (non-hydrogen) atoms. The lowest BCUT2D eigenvalue weighted by Crippen LogP contribution is -2.55. The van der Waals surface area contributed by atoms with Gasteiger partial charge in [-0.2, -0.15) is 0 Å². The molecule has 0 aliphatic rings. The number of carbonyl (C=O) groups excluding carboxylic acids is 3. The van der Waals surface area contributed by atoms with Crippen LogP contribution in [0.15, 0.2) is 72.9 Å². The van der Waals surface area contributed by atoms with E-state index in [1.165, 1.54) is 70.6 Å². The minimum Gasteiger partial charge on any atom is -0.544 e. The van der Waals surface area contributed by atoms with E-state index in [0.29, 0.717) is 12.8 Å². The number of nitrogens with zero attached hydrogens (tertiary/aromatic N) is 1. The molecular formula is C54H93NO7. The van der Waals surface area contributed by atoms with Crippen LogP contribution in [0.3, 0.4) is 0 Å². The van der Waals surface area contributed by atoms with E-state index in [2.05, 4.69) is 86.8 Å². The Balaban J connectivity index is 4.33. The predicted molar refractivity (Wildman–Crippen MR) is 259 cm³/mol. The molecule has 0 fully saturated rings. The third-order valence-corrected chi connectivity index (χ3v) is 10.8. The molecule has 0 amide bonds. The molecule has 356 valence electrons. The summed E-state index contributed by atoms with van der Waals surface area (Å²) in [7, 11) is 5.40. The number of esters is 2. The number of likely N-dealkylation sites (N-methyl/N-ethyl adjacent to an activating group) is 1. The van der Waals surface area contributed by atoms with Gasteiger partial charge in [0.25, 0.3) is 0 Å². The van der Waals surface area contributed by atoms with Crippen molar-refractivity contribution in [2.45, 2.75) is 212 Å².